The minimum absolute atomic E-state index is 0.271. The van der Waals surface area contributed by atoms with Crippen LogP contribution >= 0.6 is 0 Å². The van der Waals surface area contributed by atoms with E-state index in [0.29, 0.717) is 0 Å². The van der Waals surface area contributed by atoms with Crippen LogP contribution in [0.2, 0.25) is 0 Å². The van der Waals surface area contributed by atoms with Crippen molar-refractivity contribution >= 4 is 5.69 Å². The summed E-state index contributed by atoms with van der Waals surface area (Å²) in [7, 11) is 0. The molecule has 0 spiro atoms. The Morgan fingerprint density at radius 2 is 1.94 bits per heavy atom. The van der Waals surface area contributed by atoms with E-state index >= 15 is 0 Å². The lowest BCUT2D eigenvalue weighted by molar-refractivity contribution is 0.318. The van der Waals surface area contributed by atoms with Gasteiger partial charge in [-0.3, -0.25) is 0 Å². The lowest BCUT2D eigenvalue weighted by Gasteiger charge is -2.21. The Balaban J connectivity index is 2.75. The van der Waals surface area contributed by atoms with Crippen LogP contribution in [0.4, 0.5) is 5.69 Å². The van der Waals surface area contributed by atoms with Crippen molar-refractivity contribution in [2.24, 2.45) is 5.41 Å². The van der Waals surface area contributed by atoms with E-state index in [9.17, 15) is 0 Å². The zero-order chi connectivity index (χ0) is 12.9. The zero-order valence-electron chi connectivity index (χ0n) is 11.8. The van der Waals surface area contributed by atoms with Crippen molar-refractivity contribution in [1.29, 1.82) is 0 Å². The summed E-state index contributed by atoms with van der Waals surface area (Å²) in [5, 5.41) is 3.46. The fourth-order valence-corrected chi connectivity index (χ4v) is 1.47. The van der Waals surface area contributed by atoms with Gasteiger partial charge in [-0.05, 0) is 36.5 Å². The van der Waals surface area contributed by atoms with Gasteiger partial charge in [0.15, 0.2) is 0 Å². The van der Waals surface area contributed by atoms with Gasteiger partial charge in [0, 0.05) is 6.54 Å². The van der Waals surface area contributed by atoms with Gasteiger partial charge in [0.1, 0.15) is 5.75 Å². The second kappa shape index (κ2) is 5.95. The fraction of sp³-hybridized carbons (Fsp3) is 0.600. The quantitative estimate of drug-likeness (QED) is 0.824. The van der Waals surface area contributed by atoms with Crippen molar-refractivity contribution in [3.05, 3.63) is 23.8 Å². The first-order valence-corrected chi connectivity index (χ1v) is 6.40. The van der Waals surface area contributed by atoms with Gasteiger partial charge < -0.3 is 10.1 Å². The molecule has 0 heterocycles. The Labute approximate surface area is 105 Å². The fourth-order valence-electron chi connectivity index (χ4n) is 1.47. The molecular formula is C15H25NO. The van der Waals surface area contributed by atoms with E-state index in [0.717, 1.165) is 31.0 Å². The van der Waals surface area contributed by atoms with Crippen LogP contribution in [-0.2, 0) is 0 Å². The van der Waals surface area contributed by atoms with E-state index in [2.05, 4.69) is 58.1 Å². The maximum atomic E-state index is 5.77. The molecule has 0 amide bonds. The summed E-state index contributed by atoms with van der Waals surface area (Å²) in [5.41, 5.74) is 2.60. The van der Waals surface area contributed by atoms with Crippen LogP contribution in [0.25, 0.3) is 0 Å². The van der Waals surface area contributed by atoms with E-state index in [4.69, 9.17) is 4.74 Å². The van der Waals surface area contributed by atoms with Gasteiger partial charge in [-0.2, -0.15) is 0 Å². The molecule has 0 saturated carbocycles. The van der Waals surface area contributed by atoms with Crippen LogP contribution in [0.1, 0.15) is 39.7 Å². The van der Waals surface area contributed by atoms with Crippen molar-refractivity contribution in [2.45, 2.75) is 41.0 Å². The third kappa shape index (κ3) is 5.12. The molecular weight excluding hydrogens is 210 g/mol. The summed E-state index contributed by atoms with van der Waals surface area (Å²) in [5.74, 6) is 0.969. The lowest BCUT2D eigenvalue weighted by atomic mass is 9.97. The summed E-state index contributed by atoms with van der Waals surface area (Å²) < 4.78 is 5.77. The molecule has 2 nitrogen and oxygen atoms in total. The average molecular weight is 235 g/mol. The second-order valence-electron chi connectivity index (χ2n) is 5.76. The van der Waals surface area contributed by atoms with Crippen LogP contribution in [0.15, 0.2) is 18.2 Å². The monoisotopic (exact) mass is 235 g/mol. The molecule has 0 aliphatic heterocycles. The van der Waals surface area contributed by atoms with E-state index in [1.54, 1.807) is 0 Å². The second-order valence-corrected chi connectivity index (χ2v) is 5.76. The first kappa shape index (κ1) is 13.9. The molecule has 1 aromatic rings. The highest BCUT2D eigenvalue weighted by Crippen LogP contribution is 2.27. The molecule has 0 aliphatic rings. The minimum atomic E-state index is 0.271. The molecule has 17 heavy (non-hydrogen) atoms. The summed E-state index contributed by atoms with van der Waals surface area (Å²) in [6, 6.07) is 6.32. The molecule has 0 fully saturated rings. The van der Waals surface area contributed by atoms with Gasteiger partial charge in [0.2, 0.25) is 0 Å². The van der Waals surface area contributed by atoms with Gasteiger partial charge in [0.05, 0.1) is 12.3 Å². The Kier molecular flexibility index (Phi) is 4.86. The Hall–Kier alpha value is -1.18. The largest absolute Gasteiger partial charge is 0.491 e. The molecule has 0 aliphatic carbocycles. The smallest absolute Gasteiger partial charge is 0.142 e. The van der Waals surface area contributed by atoms with Gasteiger partial charge in [0.25, 0.3) is 0 Å². The third-order valence-corrected chi connectivity index (χ3v) is 2.41. The van der Waals surface area contributed by atoms with Crippen molar-refractivity contribution in [2.75, 3.05) is 18.5 Å². The number of nitrogens with one attached hydrogen (secondary N) is 1. The molecule has 2 heteroatoms. The number of hydrogen-bond donors (Lipinski definition) is 1. The summed E-state index contributed by atoms with van der Waals surface area (Å²) in [6.07, 6.45) is 1.03. The molecule has 0 radical (unpaired) electrons. The van der Waals surface area contributed by atoms with Crippen LogP contribution in [0, 0.1) is 12.3 Å². The number of anilines is 1. The Morgan fingerprint density at radius 1 is 1.24 bits per heavy atom. The third-order valence-electron chi connectivity index (χ3n) is 2.41. The highest BCUT2D eigenvalue weighted by Gasteiger charge is 2.11. The minimum Gasteiger partial charge on any atom is -0.491 e. The van der Waals surface area contributed by atoms with Crippen molar-refractivity contribution in [1.82, 2.24) is 0 Å². The van der Waals surface area contributed by atoms with E-state index in [1.807, 2.05) is 0 Å². The average Bonchev–Trinajstić information content (AvgIpc) is 2.23. The summed E-state index contributed by atoms with van der Waals surface area (Å²) in [4.78, 5) is 0. The standard InChI is InChI=1S/C15H25NO/c1-6-9-17-14-10-12(2)7-8-13(14)16-11-15(3,4)5/h7-8,10,16H,6,9,11H2,1-5H3. The van der Waals surface area contributed by atoms with Crippen molar-refractivity contribution in [3.63, 3.8) is 0 Å². The van der Waals surface area contributed by atoms with Gasteiger partial charge in [-0.25, -0.2) is 0 Å². The van der Waals surface area contributed by atoms with E-state index in [1.165, 1.54) is 5.56 Å². The molecule has 0 saturated heterocycles. The molecule has 1 rings (SSSR count). The molecule has 1 aromatic carbocycles. The number of hydrogen-bond acceptors (Lipinski definition) is 2. The first-order valence-electron chi connectivity index (χ1n) is 6.40. The Bertz CT molecular complexity index is 352. The number of ether oxygens (including phenoxy) is 1. The molecule has 0 bridgehead atoms. The maximum Gasteiger partial charge on any atom is 0.142 e. The topological polar surface area (TPSA) is 21.3 Å². The molecule has 0 atom stereocenters. The van der Waals surface area contributed by atoms with E-state index < -0.39 is 0 Å². The predicted octanol–water partition coefficient (Wildman–Crippen LogP) is 4.24. The van der Waals surface area contributed by atoms with Gasteiger partial charge >= 0.3 is 0 Å². The number of rotatable bonds is 5. The lowest BCUT2D eigenvalue weighted by Crippen LogP contribution is -2.19. The summed E-state index contributed by atoms with van der Waals surface area (Å²) >= 11 is 0. The maximum absolute atomic E-state index is 5.77. The highest BCUT2D eigenvalue weighted by molar-refractivity contribution is 5.57. The van der Waals surface area contributed by atoms with Crippen LogP contribution in [-0.4, -0.2) is 13.2 Å². The van der Waals surface area contributed by atoms with Gasteiger partial charge in [-0.15, -0.1) is 0 Å². The van der Waals surface area contributed by atoms with Gasteiger partial charge in [-0.1, -0.05) is 33.8 Å². The first-order chi connectivity index (χ1) is 7.92. The highest BCUT2D eigenvalue weighted by atomic mass is 16.5. The zero-order valence-corrected chi connectivity index (χ0v) is 11.8. The predicted molar refractivity (Wildman–Crippen MR) is 74.9 cm³/mol. The molecule has 96 valence electrons. The van der Waals surface area contributed by atoms with E-state index in [-0.39, 0.29) is 5.41 Å². The Morgan fingerprint density at radius 3 is 2.53 bits per heavy atom. The van der Waals surface area contributed by atoms with Crippen LogP contribution in [0.3, 0.4) is 0 Å². The van der Waals surface area contributed by atoms with Crippen LogP contribution < -0.4 is 10.1 Å². The molecule has 0 unspecified atom stereocenters. The molecule has 1 N–H and O–H groups in total. The SMILES string of the molecule is CCCOc1cc(C)ccc1NCC(C)(C)C. The van der Waals surface area contributed by atoms with Crippen LogP contribution in [0.5, 0.6) is 5.75 Å². The summed E-state index contributed by atoms with van der Waals surface area (Å²) in [6.45, 7) is 12.6. The normalized spacial score (nSPS) is 11.4. The van der Waals surface area contributed by atoms with Crippen molar-refractivity contribution < 1.29 is 4.74 Å². The molecule has 0 aromatic heterocycles. The number of aryl methyl sites for hydroxylation is 1. The number of benzene rings is 1. The van der Waals surface area contributed by atoms with Crippen molar-refractivity contribution in [3.8, 4) is 5.75 Å².